The third kappa shape index (κ3) is 4.74. The highest BCUT2D eigenvalue weighted by atomic mass is 16.5. The summed E-state index contributed by atoms with van der Waals surface area (Å²) in [4.78, 5) is 18.3. The molecule has 30 heavy (non-hydrogen) atoms. The Balaban J connectivity index is 1.66. The second-order valence-corrected chi connectivity index (χ2v) is 7.85. The van der Waals surface area contributed by atoms with Gasteiger partial charge in [-0.1, -0.05) is 0 Å². The molecule has 2 aliphatic rings. The van der Waals surface area contributed by atoms with Crippen LogP contribution in [-0.2, 0) is 16.1 Å². The summed E-state index contributed by atoms with van der Waals surface area (Å²) >= 11 is 0. The van der Waals surface area contributed by atoms with Crippen LogP contribution in [0.2, 0.25) is 0 Å². The molecule has 1 amide bonds. The fourth-order valence-electron chi connectivity index (χ4n) is 4.12. The molecule has 1 aromatic carbocycles. The number of pyridine rings is 1. The number of nitrogens with zero attached hydrogens (tertiary/aromatic N) is 2. The number of nitrogens with one attached hydrogen (secondary N) is 1. The van der Waals surface area contributed by atoms with E-state index in [1.54, 1.807) is 13.3 Å². The number of hydrogen-bond acceptors (Lipinski definition) is 6. The largest absolute Gasteiger partial charge is 0.490 e. The third-order valence-corrected chi connectivity index (χ3v) is 5.58. The van der Waals surface area contributed by atoms with Crippen molar-refractivity contribution in [3.63, 3.8) is 0 Å². The van der Waals surface area contributed by atoms with E-state index >= 15 is 0 Å². The van der Waals surface area contributed by atoms with E-state index in [4.69, 9.17) is 14.2 Å². The summed E-state index contributed by atoms with van der Waals surface area (Å²) in [5.41, 5.74) is 4.07. The van der Waals surface area contributed by atoms with Gasteiger partial charge in [-0.3, -0.25) is 9.69 Å². The number of amides is 1. The van der Waals surface area contributed by atoms with Crippen LogP contribution in [0.4, 0.5) is 0 Å². The fourth-order valence-corrected chi connectivity index (χ4v) is 4.12. The van der Waals surface area contributed by atoms with E-state index in [1.807, 2.05) is 12.1 Å². The van der Waals surface area contributed by atoms with Crippen LogP contribution >= 0.6 is 0 Å². The van der Waals surface area contributed by atoms with Crippen LogP contribution < -0.4 is 14.8 Å². The second kappa shape index (κ2) is 9.45. The van der Waals surface area contributed by atoms with E-state index < -0.39 is 0 Å². The van der Waals surface area contributed by atoms with Gasteiger partial charge in [0.15, 0.2) is 0 Å². The van der Waals surface area contributed by atoms with Gasteiger partial charge in [-0.15, -0.1) is 0 Å². The maximum Gasteiger partial charge on any atom is 0.234 e. The Kier molecular flexibility index (Phi) is 6.50. The summed E-state index contributed by atoms with van der Waals surface area (Å²) in [5.74, 6) is 1.53. The molecule has 4 rings (SSSR count). The molecule has 0 spiro atoms. The van der Waals surface area contributed by atoms with Gasteiger partial charge in [0.05, 0.1) is 19.8 Å². The van der Waals surface area contributed by atoms with Crippen LogP contribution in [0, 0.1) is 6.92 Å². The van der Waals surface area contributed by atoms with Crippen molar-refractivity contribution < 1.29 is 19.0 Å². The topological polar surface area (TPSA) is 72.9 Å². The third-order valence-electron chi connectivity index (χ3n) is 5.58. The van der Waals surface area contributed by atoms with Crippen LogP contribution in [0.25, 0.3) is 11.1 Å². The van der Waals surface area contributed by atoms with E-state index in [1.165, 1.54) is 0 Å². The van der Waals surface area contributed by atoms with Crippen molar-refractivity contribution >= 4 is 5.91 Å². The highest BCUT2D eigenvalue weighted by molar-refractivity contribution is 5.78. The Morgan fingerprint density at radius 2 is 2.27 bits per heavy atom. The first-order chi connectivity index (χ1) is 14.6. The number of ether oxygens (including phenoxy) is 3. The molecule has 2 fully saturated rings. The molecule has 0 radical (unpaired) electrons. The first-order valence-corrected chi connectivity index (χ1v) is 10.5. The number of aryl methyl sites for hydroxylation is 1. The molecular weight excluding hydrogens is 382 g/mol. The predicted molar refractivity (Wildman–Crippen MR) is 114 cm³/mol. The highest BCUT2D eigenvalue weighted by Gasteiger charge is 2.22. The van der Waals surface area contributed by atoms with Crippen LogP contribution in [0.1, 0.15) is 24.0 Å². The summed E-state index contributed by atoms with van der Waals surface area (Å²) in [6, 6.07) is 8.15. The number of aromatic nitrogens is 1. The number of piperazine rings is 1. The summed E-state index contributed by atoms with van der Waals surface area (Å²) in [6.07, 6.45) is 3.99. The maximum absolute atomic E-state index is 11.9. The van der Waals surface area contributed by atoms with E-state index in [-0.39, 0.29) is 12.0 Å². The van der Waals surface area contributed by atoms with E-state index in [2.05, 4.69) is 34.3 Å². The molecule has 160 valence electrons. The molecule has 2 aromatic rings. The zero-order chi connectivity index (χ0) is 20.9. The lowest BCUT2D eigenvalue weighted by atomic mass is 9.99. The van der Waals surface area contributed by atoms with Crippen molar-refractivity contribution in [2.75, 3.05) is 40.0 Å². The Morgan fingerprint density at radius 3 is 3.03 bits per heavy atom. The molecule has 0 saturated carbocycles. The minimum atomic E-state index is 0.0601. The number of carbonyl (C=O) groups is 1. The lowest BCUT2D eigenvalue weighted by Crippen LogP contribution is -2.47. The zero-order valence-electron chi connectivity index (χ0n) is 17.6. The van der Waals surface area contributed by atoms with Crippen molar-refractivity contribution in [3.05, 3.63) is 41.6 Å². The molecule has 0 aliphatic carbocycles. The van der Waals surface area contributed by atoms with Crippen molar-refractivity contribution in [3.8, 4) is 22.8 Å². The van der Waals surface area contributed by atoms with Gasteiger partial charge in [0.25, 0.3) is 0 Å². The van der Waals surface area contributed by atoms with Crippen LogP contribution in [0.15, 0.2) is 30.5 Å². The number of rotatable bonds is 7. The quantitative estimate of drug-likeness (QED) is 0.755. The van der Waals surface area contributed by atoms with Gasteiger partial charge < -0.3 is 19.5 Å². The molecule has 3 heterocycles. The van der Waals surface area contributed by atoms with Crippen LogP contribution in [0.3, 0.4) is 0 Å². The first-order valence-electron chi connectivity index (χ1n) is 10.5. The Bertz CT molecular complexity index is 896. The number of benzene rings is 1. The standard InChI is InChI=1S/C23H29N3O4/c1-16-11-17(20-6-3-7-25-23(20)28-2)12-18(13-26-9-8-24-21(27)14-26)22(16)30-15-19-5-4-10-29-19/h3,6-7,11-12,19H,4-5,8-10,13-15H2,1-2H3,(H,24,27). The van der Waals surface area contributed by atoms with E-state index in [9.17, 15) is 4.79 Å². The molecule has 1 atom stereocenters. The Hall–Kier alpha value is -2.64. The molecule has 7 nitrogen and oxygen atoms in total. The van der Waals surface area contributed by atoms with Gasteiger partial charge in [0.1, 0.15) is 12.4 Å². The number of carbonyl (C=O) groups excluding carboxylic acids is 1. The maximum atomic E-state index is 11.9. The average Bonchev–Trinajstić information content (AvgIpc) is 3.26. The molecule has 1 unspecified atom stereocenters. The Labute approximate surface area is 177 Å². The lowest BCUT2D eigenvalue weighted by Gasteiger charge is -2.28. The first kappa shape index (κ1) is 20.6. The molecule has 7 heteroatoms. The molecular formula is C23H29N3O4. The van der Waals surface area contributed by atoms with Crippen molar-refractivity contribution in [1.29, 1.82) is 0 Å². The molecule has 2 saturated heterocycles. The fraction of sp³-hybridized carbons (Fsp3) is 0.478. The molecule has 0 bridgehead atoms. The van der Waals surface area contributed by atoms with Gasteiger partial charge in [-0.25, -0.2) is 4.98 Å². The molecule has 2 aliphatic heterocycles. The van der Waals surface area contributed by atoms with Crippen molar-refractivity contribution in [2.45, 2.75) is 32.4 Å². The minimum Gasteiger partial charge on any atom is -0.490 e. The average molecular weight is 412 g/mol. The summed E-state index contributed by atoms with van der Waals surface area (Å²) in [6.45, 7) is 5.93. The predicted octanol–water partition coefficient (Wildman–Crippen LogP) is 2.56. The van der Waals surface area contributed by atoms with E-state index in [0.717, 1.165) is 54.0 Å². The lowest BCUT2D eigenvalue weighted by molar-refractivity contribution is -0.124. The highest BCUT2D eigenvalue weighted by Crippen LogP contribution is 2.35. The van der Waals surface area contributed by atoms with Crippen LogP contribution in [0.5, 0.6) is 11.6 Å². The normalized spacial score (nSPS) is 19.5. The SMILES string of the molecule is COc1ncccc1-c1cc(C)c(OCC2CCCO2)c(CN2CCNC(=O)C2)c1. The van der Waals surface area contributed by atoms with Crippen molar-refractivity contribution in [1.82, 2.24) is 15.2 Å². The van der Waals surface area contributed by atoms with Gasteiger partial charge in [-0.2, -0.15) is 0 Å². The second-order valence-electron chi connectivity index (χ2n) is 7.85. The monoisotopic (exact) mass is 411 g/mol. The smallest absolute Gasteiger partial charge is 0.234 e. The Morgan fingerprint density at radius 1 is 1.37 bits per heavy atom. The van der Waals surface area contributed by atoms with Gasteiger partial charge in [-0.05, 0) is 55.2 Å². The molecule has 1 N–H and O–H groups in total. The molecule has 1 aromatic heterocycles. The van der Waals surface area contributed by atoms with E-state index in [0.29, 0.717) is 32.1 Å². The van der Waals surface area contributed by atoms with Gasteiger partial charge in [0.2, 0.25) is 11.8 Å². The summed E-state index contributed by atoms with van der Waals surface area (Å²) in [7, 11) is 1.63. The number of hydrogen-bond donors (Lipinski definition) is 1. The van der Waals surface area contributed by atoms with Gasteiger partial charge in [0, 0.05) is 43.6 Å². The van der Waals surface area contributed by atoms with Crippen LogP contribution in [-0.4, -0.2) is 61.9 Å². The summed E-state index contributed by atoms with van der Waals surface area (Å²) in [5, 5.41) is 2.89. The van der Waals surface area contributed by atoms with Gasteiger partial charge >= 0.3 is 0 Å². The van der Waals surface area contributed by atoms with Crippen molar-refractivity contribution in [2.24, 2.45) is 0 Å². The number of methoxy groups -OCH3 is 1. The zero-order valence-corrected chi connectivity index (χ0v) is 17.6. The minimum absolute atomic E-state index is 0.0601. The summed E-state index contributed by atoms with van der Waals surface area (Å²) < 4.78 is 17.5.